The van der Waals surface area contributed by atoms with Crippen LogP contribution in [0.3, 0.4) is 0 Å². The lowest BCUT2D eigenvalue weighted by Crippen LogP contribution is -2.08. The van der Waals surface area contributed by atoms with E-state index < -0.39 is 0 Å². The lowest BCUT2D eigenvalue weighted by atomic mass is 10.1. The minimum atomic E-state index is -0.382. The number of anilines is 3. The van der Waals surface area contributed by atoms with Gasteiger partial charge >= 0.3 is 0 Å². The molecule has 0 aliphatic carbocycles. The maximum atomic E-state index is 11.8. The van der Waals surface area contributed by atoms with Crippen LogP contribution in [0.4, 0.5) is 17.2 Å². The predicted octanol–water partition coefficient (Wildman–Crippen LogP) is 4.53. The molecule has 0 aliphatic rings. The van der Waals surface area contributed by atoms with Crippen LogP contribution < -0.4 is 15.4 Å². The van der Waals surface area contributed by atoms with E-state index in [0.717, 1.165) is 22.2 Å². The van der Waals surface area contributed by atoms with Gasteiger partial charge in [0.25, 0.3) is 5.91 Å². The number of rotatable bonds is 8. The Bertz CT molecular complexity index is 1340. The van der Waals surface area contributed by atoms with Crippen LogP contribution in [0, 0.1) is 18.8 Å². The van der Waals surface area contributed by atoms with Gasteiger partial charge in [0.2, 0.25) is 6.41 Å². The fraction of sp³-hybridized carbons (Fsp3) is 0.154. The number of aromatic nitrogens is 2. The Balaban J connectivity index is 1.82. The number of ether oxygens (including phenoxy) is 1. The lowest BCUT2D eigenvalue weighted by molar-refractivity contribution is -0.115. The van der Waals surface area contributed by atoms with E-state index in [-0.39, 0.29) is 5.91 Å². The normalized spacial score (nSPS) is 11.0. The fourth-order valence-electron chi connectivity index (χ4n) is 3.03. The van der Waals surface area contributed by atoms with Gasteiger partial charge in [-0.05, 0) is 80.8 Å². The van der Waals surface area contributed by atoms with E-state index in [1.807, 2.05) is 44.2 Å². The van der Waals surface area contributed by atoms with Crippen molar-refractivity contribution >= 4 is 40.4 Å². The minimum absolute atomic E-state index is 0.382. The Kier molecular flexibility index (Phi) is 7.97. The highest BCUT2D eigenvalue weighted by Gasteiger charge is 2.09. The molecule has 0 bridgehead atoms. The van der Waals surface area contributed by atoms with Crippen LogP contribution in [0.5, 0.6) is 5.75 Å². The van der Waals surface area contributed by atoms with Crippen LogP contribution in [-0.4, -0.2) is 34.2 Å². The molecule has 2 amide bonds. The molecule has 2 N–H and O–H groups in total. The number of carbonyl (C=O) groups is 2. The van der Waals surface area contributed by atoms with E-state index in [9.17, 15) is 9.59 Å². The summed E-state index contributed by atoms with van der Waals surface area (Å²) in [5.74, 6) is 6.55. The summed E-state index contributed by atoms with van der Waals surface area (Å²) in [6.07, 6.45) is 7.35. The number of nitrogens with zero attached hydrogens (tertiary/aromatic N) is 3. The molecule has 0 fully saturated rings. The van der Waals surface area contributed by atoms with Gasteiger partial charge in [-0.25, -0.2) is 9.97 Å². The van der Waals surface area contributed by atoms with Crippen molar-refractivity contribution < 1.29 is 14.3 Å². The van der Waals surface area contributed by atoms with Gasteiger partial charge in [-0.2, -0.15) is 0 Å². The molecule has 0 atom stereocenters. The van der Waals surface area contributed by atoms with Gasteiger partial charge in [0.15, 0.2) is 0 Å². The molecule has 34 heavy (non-hydrogen) atoms. The third-order valence-corrected chi connectivity index (χ3v) is 4.72. The maximum absolute atomic E-state index is 11.8. The third-order valence-electron chi connectivity index (χ3n) is 4.72. The standard InChI is InChI=1S/C26H25N5O3/c1-5-7-25(33)29-20-8-10-23-22(15-20)26(28-16-27-23)30-19-9-11-24(18(3)14-19)34-21(6-2)12-13-31(4)17-32/h6,8-17H,1-4H3,(H,29,33)(H,27,28,30)/b13-12-,21-6+. The first-order valence-electron chi connectivity index (χ1n) is 10.5. The molecule has 0 radical (unpaired) electrons. The number of fused-ring (bicyclic) bond motifs is 1. The van der Waals surface area contributed by atoms with Crippen molar-refractivity contribution in [3.63, 3.8) is 0 Å². The summed E-state index contributed by atoms with van der Waals surface area (Å²) in [7, 11) is 1.65. The van der Waals surface area contributed by atoms with Crippen LogP contribution in [0.1, 0.15) is 19.4 Å². The average molecular weight is 456 g/mol. The molecule has 8 nitrogen and oxygen atoms in total. The Morgan fingerprint density at radius 1 is 1.15 bits per heavy atom. The number of hydrogen-bond donors (Lipinski definition) is 2. The topological polar surface area (TPSA) is 96.4 Å². The van der Waals surface area contributed by atoms with Gasteiger partial charge < -0.3 is 20.3 Å². The second kappa shape index (κ2) is 11.3. The molecule has 0 saturated heterocycles. The van der Waals surface area contributed by atoms with Gasteiger partial charge in [0.05, 0.1) is 5.52 Å². The predicted molar refractivity (Wildman–Crippen MR) is 133 cm³/mol. The molecular weight excluding hydrogens is 430 g/mol. The summed E-state index contributed by atoms with van der Waals surface area (Å²) >= 11 is 0. The molecule has 0 spiro atoms. The molecule has 3 aromatic rings. The number of benzene rings is 2. The van der Waals surface area contributed by atoms with Crippen molar-refractivity contribution in [1.82, 2.24) is 14.9 Å². The highest BCUT2D eigenvalue weighted by Crippen LogP contribution is 2.29. The van der Waals surface area contributed by atoms with Crippen LogP contribution in [0.15, 0.2) is 66.8 Å². The van der Waals surface area contributed by atoms with Crippen LogP contribution in [0.25, 0.3) is 10.9 Å². The zero-order valence-electron chi connectivity index (χ0n) is 19.4. The van der Waals surface area contributed by atoms with Crippen molar-refractivity contribution in [1.29, 1.82) is 0 Å². The molecule has 0 unspecified atom stereocenters. The fourth-order valence-corrected chi connectivity index (χ4v) is 3.03. The number of nitrogens with one attached hydrogen (secondary N) is 2. The van der Waals surface area contributed by atoms with Gasteiger partial charge in [0, 0.05) is 30.0 Å². The molecule has 1 heterocycles. The van der Waals surface area contributed by atoms with E-state index in [1.54, 1.807) is 38.4 Å². The zero-order chi connectivity index (χ0) is 24.5. The number of allylic oxidation sites excluding steroid dienone is 2. The molecule has 3 rings (SSSR count). The summed E-state index contributed by atoms with van der Waals surface area (Å²) in [6.45, 7) is 5.41. The average Bonchev–Trinajstić information content (AvgIpc) is 2.83. The van der Waals surface area contributed by atoms with E-state index in [0.29, 0.717) is 29.4 Å². The quantitative estimate of drug-likeness (QED) is 0.224. The molecule has 8 heteroatoms. The summed E-state index contributed by atoms with van der Waals surface area (Å²) in [4.78, 5) is 32.6. The Hall–Kier alpha value is -4.64. The summed E-state index contributed by atoms with van der Waals surface area (Å²) in [5, 5.41) is 6.81. The molecule has 0 saturated carbocycles. The van der Waals surface area contributed by atoms with Crippen LogP contribution >= 0.6 is 0 Å². The van der Waals surface area contributed by atoms with E-state index in [2.05, 4.69) is 32.4 Å². The first kappa shape index (κ1) is 24.0. The first-order chi connectivity index (χ1) is 16.4. The summed E-state index contributed by atoms with van der Waals surface area (Å²) in [5.41, 5.74) is 3.06. The van der Waals surface area contributed by atoms with Gasteiger partial charge in [-0.1, -0.05) is 5.92 Å². The van der Waals surface area contributed by atoms with E-state index in [4.69, 9.17) is 4.74 Å². The van der Waals surface area contributed by atoms with Crippen molar-refractivity contribution in [3.05, 3.63) is 72.4 Å². The van der Waals surface area contributed by atoms with Gasteiger partial charge in [-0.3, -0.25) is 9.59 Å². The van der Waals surface area contributed by atoms with Gasteiger partial charge in [-0.15, -0.1) is 0 Å². The zero-order valence-corrected chi connectivity index (χ0v) is 19.4. The molecule has 172 valence electrons. The SMILES string of the molecule is CC#CC(=O)Nc1ccc2ncnc(Nc3ccc(OC(/C=C\N(C)C=O)=C/C)c(C)c3)c2c1. The van der Waals surface area contributed by atoms with Crippen LogP contribution in [-0.2, 0) is 9.59 Å². The van der Waals surface area contributed by atoms with Crippen molar-refractivity contribution in [2.24, 2.45) is 0 Å². The third kappa shape index (κ3) is 6.20. The summed E-state index contributed by atoms with van der Waals surface area (Å²) in [6, 6.07) is 11.1. The molecule has 0 aliphatic heterocycles. The Labute approximate surface area is 198 Å². The maximum Gasteiger partial charge on any atom is 0.300 e. The smallest absolute Gasteiger partial charge is 0.300 e. The second-order valence-corrected chi connectivity index (χ2v) is 7.27. The number of carbonyl (C=O) groups excluding carboxylic acids is 2. The molecule has 1 aromatic heterocycles. The lowest BCUT2D eigenvalue weighted by Gasteiger charge is -2.13. The number of hydrogen-bond acceptors (Lipinski definition) is 6. The van der Waals surface area contributed by atoms with E-state index in [1.165, 1.54) is 11.2 Å². The monoisotopic (exact) mass is 455 g/mol. The van der Waals surface area contributed by atoms with Crippen LogP contribution in [0.2, 0.25) is 0 Å². The first-order valence-corrected chi connectivity index (χ1v) is 10.5. The summed E-state index contributed by atoms with van der Waals surface area (Å²) < 4.78 is 5.96. The molecule has 2 aromatic carbocycles. The number of aryl methyl sites for hydroxylation is 1. The number of amides is 2. The Morgan fingerprint density at radius 2 is 1.94 bits per heavy atom. The highest BCUT2D eigenvalue weighted by atomic mass is 16.5. The van der Waals surface area contributed by atoms with Crippen molar-refractivity contribution in [2.45, 2.75) is 20.8 Å². The molecular formula is C26H25N5O3. The minimum Gasteiger partial charge on any atom is -0.457 e. The Morgan fingerprint density at radius 3 is 2.65 bits per heavy atom. The van der Waals surface area contributed by atoms with Gasteiger partial charge in [0.1, 0.15) is 23.7 Å². The highest BCUT2D eigenvalue weighted by molar-refractivity contribution is 6.05. The van der Waals surface area contributed by atoms with Crippen molar-refractivity contribution in [2.75, 3.05) is 17.7 Å². The van der Waals surface area contributed by atoms with Crippen molar-refractivity contribution in [3.8, 4) is 17.6 Å². The second-order valence-electron chi connectivity index (χ2n) is 7.27. The van der Waals surface area contributed by atoms with E-state index >= 15 is 0 Å². The largest absolute Gasteiger partial charge is 0.457 e.